The maximum atomic E-state index is 12.5. The predicted molar refractivity (Wildman–Crippen MR) is 94.4 cm³/mol. The van der Waals surface area contributed by atoms with Crippen molar-refractivity contribution in [2.75, 3.05) is 36.5 Å². The summed E-state index contributed by atoms with van der Waals surface area (Å²) in [6.07, 6.45) is 3.08. The first-order chi connectivity index (χ1) is 12.8. The van der Waals surface area contributed by atoms with E-state index in [9.17, 15) is 4.79 Å². The summed E-state index contributed by atoms with van der Waals surface area (Å²) in [5.74, 6) is 0.630. The Balaban J connectivity index is 1.45. The fourth-order valence-corrected chi connectivity index (χ4v) is 2.71. The number of amides is 1. The average molecular weight is 351 g/mol. The van der Waals surface area contributed by atoms with Crippen molar-refractivity contribution in [3.8, 4) is 5.69 Å². The number of morpholine rings is 1. The Hall–Kier alpha value is -3.33. The second-order valence-electron chi connectivity index (χ2n) is 5.76. The van der Waals surface area contributed by atoms with Crippen LogP contribution in [0, 0.1) is 0 Å². The zero-order valence-electron chi connectivity index (χ0n) is 13.9. The zero-order valence-corrected chi connectivity index (χ0v) is 13.9. The minimum atomic E-state index is -0.222. The molecule has 0 radical (unpaired) electrons. The first kappa shape index (κ1) is 16.2. The lowest BCUT2D eigenvalue weighted by Gasteiger charge is -2.27. The number of carbonyl (C=O) groups is 1. The van der Waals surface area contributed by atoms with Crippen LogP contribution in [0.4, 0.5) is 11.5 Å². The lowest BCUT2D eigenvalue weighted by atomic mass is 10.2. The van der Waals surface area contributed by atoms with E-state index in [1.807, 2.05) is 18.2 Å². The van der Waals surface area contributed by atoms with Crippen LogP contribution < -0.4 is 10.2 Å². The number of ether oxygens (including phenoxy) is 1. The molecule has 1 N–H and O–H groups in total. The lowest BCUT2D eigenvalue weighted by Crippen LogP contribution is -2.36. The first-order valence-corrected chi connectivity index (χ1v) is 8.23. The molecule has 0 saturated carbocycles. The predicted octanol–water partition coefficient (Wildman–Crippen LogP) is 1.15. The van der Waals surface area contributed by atoms with Gasteiger partial charge in [-0.1, -0.05) is 6.07 Å². The van der Waals surface area contributed by atoms with Crippen LogP contribution in [-0.2, 0) is 4.74 Å². The van der Waals surface area contributed by atoms with Gasteiger partial charge in [-0.25, -0.2) is 9.67 Å². The lowest BCUT2D eigenvalue weighted by molar-refractivity contribution is 0.102. The molecule has 1 aromatic carbocycles. The van der Waals surface area contributed by atoms with Gasteiger partial charge in [-0.3, -0.25) is 4.79 Å². The number of carbonyl (C=O) groups excluding carboxylic acids is 1. The number of tetrazole rings is 1. The molecular formula is C17H17N7O2. The van der Waals surface area contributed by atoms with Crippen molar-refractivity contribution < 1.29 is 9.53 Å². The van der Waals surface area contributed by atoms with Gasteiger partial charge >= 0.3 is 0 Å². The molecule has 132 valence electrons. The van der Waals surface area contributed by atoms with E-state index in [0.717, 1.165) is 24.6 Å². The first-order valence-electron chi connectivity index (χ1n) is 8.23. The summed E-state index contributed by atoms with van der Waals surface area (Å²) in [5, 5.41) is 13.9. The third-order valence-electron chi connectivity index (χ3n) is 4.06. The van der Waals surface area contributed by atoms with E-state index in [0.29, 0.717) is 24.5 Å². The number of nitrogens with one attached hydrogen (secondary N) is 1. The van der Waals surface area contributed by atoms with Gasteiger partial charge in [0.05, 0.1) is 24.5 Å². The van der Waals surface area contributed by atoms with Crippen molar-refractivity contribution in [2.45, 2.75) is 0 Å². The summed E-state index contributed by atoms with van der Waals surface area (Å²) >= 11 is 0. The highest BCUT2D eigenvalue weighted by molar-refractivity contribution is 6.04. The number of hydrogen-bond donors (Lipinski definition) is 1. The number of rotatable bonds is 4. The number of aromatic nitrogens is 5. The van der Waals surface area contributed by atoms with Gasteiger partial charge in [0.1, 0.15) is 12.1 Å². The Labute approximate surface area is 149 Å². The maximum Gasteiger partial charge on any atom is 0.257 e. The Morgan fingerprint density at radius 1 is 1.15 bits per heavy atom. The van der Waals surface area contributed by atoms with Crippen molar-refractivity contribution in [3.63, 3.8) is 0 Å². The molecule has 3 aromatic rings. The van der Waals surface area contributed by atoms with Crippen LogP contribution in [0.15, 0.2) is 48.9 Å². The number of nitrogens with zero attached hydrogens (tertiary/aromatic N) is 6. The molecule has 0 aliphatic carbocycles. The van der Waals surface area contributed by atoms with Crippen LogP contribution >= 0.6 is 0 Å². The topological polar surface area (TPSA) is 98.1 Å². The largest absolute Gasteiger partial charge is 0.378 e. The Bertz CT molecular complexity index is 874. The number of hydrogen-bond acceptors (Lipinski definition) is 7. The van der Waals surface area contributed by atoms with E-state index in [4.69, 9.17) is 4.74 Å². The SMILES string of the molecule is O=C(Nc1cccc(-n2cnnn2)c1)c1ccc(N2CCOCC2)nc1. The summed E-state index contributed by atoms with van der Waals surface area (Å²) < 4.78 is 6.86. The minimum absolute atomic E-state index is 0.222. The molecule has 1 fully saturated rings. The monoisotopic (exact) mass is 351 g/mol. The quantitative estimate of drug-likeness (QED) is 0.753. The smallest absolute Gasteiger partial charge is 0.257 e. The summed E-state index contributed by atoms with van der Waals surface area (Å²) in [6.45, 7) is 3.01. The molecular weight excluding hydrogens is 334 g/mol. The van der Waals surface area contributed by atoms with E-state index in [-0.39, 0.29) is 5.91 Å². The average Bonchev–Trinajstić information content (AvgIpc) is 3.24. The highest BCUT2D eigenvalue weighted by Gasteiger charge is 2.13. The van der Waals surface area contributed by atoms with Crippen LogP contribution in [0.1, 0.15) is 10.4 Å². The van der Waals surface area contributed by atoms with E-state index >= 15 is 0 Å². The fourth-order valence-electron chi connectivity index (χ4n) is 2.71. The summed E-state index contributed by atoms with van der Waals surface area (Å²) in [7, 11) is 0. The van der Waals surface area contributed by atoms with E-state index in [1.165, 1.54) is 11.0 Å². The highest BCUT2D eigenvalue weighted by atomic mass is 16.5. The molecule has 26 heavy (non-hydrogen) atoms. The zero-order chi connectivity index (χ0) is 17.8. The molecule has 4 rings (SSSR count). The van der Waals surface area contributed by atoms with Crippen molar-refractivity contribution in [2.24, 2.45) is 0 Å². The van der Waals surface area contributed by atoms with Crippen molar-refractivity contribution in [1.29, 1.82) is 0 Å². The number of benzene rings is 1. The second-order valence-corrected chi connectivity index (χ2v) is 5.76. The Morgan fingerprint density at radius 3 is 2.77 bits per heavy atom. The third kappa shape index (κ3) is 3.52. The summed E-state index contributed by atoms with van der Waals surface area (Å²) in [6, 6.07) is 10.9. The van der Waals surface area contributed by atoms with Crippen molar-refractivity contribution in [3.05, 3.63) is 54.5 Å². The van der Waals surface area contributed by atoms with Gasteiger partial charge in [0.15, 0.2) is 0 Å². The molecule has 1 amide bonds. The Morgan fingerprint density at radius 2 is 2.04 bits per heavy atom. The fraction of sp³-hybridized carbons (Fsp3) is 0.235. The van der Waals surface area contributed by atoms with Crippen molar-refractivity contribution >= 4 is 17.4 Å². The number of anilines is 2. The van der Waals surface area contributed by atoms with Crippen LogP contribution in [0.25, 0.3) is 5.69 Å². The van der Waals surface area contributed by atoms with Gasteiger partial charge in [-0.05, 0) is 40.8 Å². The van der Waals surface area contributed by atoms with E-state index in [2.05, 4.69) is 30.7 Å². The summed E-state index contributed by atoms with van der Waals surface area (Å²) in [5.41, 5.74) is 1.91. The van der Waals surface area contributed by atoms with Crippen LogP contribution in [0.2, 0.25) is 0 Å². The molecule has 0 unspecified atom stereocenters. The van der Waals surface area contributed by atoms with Gasteiger partial charge in [0.25, 0.3) is 5.91 Å². The minimum Gasteiger partial charge on any atom is -0.378 e. The normalized spacial score (nSPS) is 14.2. The van der Waals surface area contributed by atoms with E-state index in [1.54, 1.807) is 24.4 Å². The molecule has 0 spiro atoms. The highest BCUT2D eigenvalue weighted by Crippen LogP contribution is 2.16. The molecule has 1 saturated heterocycles. The molecule has 0 atom stereocenters. The van der Waals surface area contributed by atoms with Gasteiger partial charge in [0, 0.05) is 25.0 Å². The van der Waals surface area contributed by atoms with Gasteiger partial charge in [-0.15, -0.1) is 5.10 Å². The third-order valence-corrected chi connectivity index (χ3v) is 4.06. The van der Waals surface area contributed by atoms with Gasteiger partial charge in [-0.2, -0.15) is 0 Å². The Kier molecular flexibility index (Phi) is 4.52. The summed E-state index contributed by atoms with van der Waals surface area (Å²) in [4.78, 5) is 19.0. The molecule has 1 aliphatic rings. The molecule has 1 aliphatic heterocycles. The standard InChI is InChI=1S/C17H17N7O2/c25-17(13-4-5-16(18-11-13)23-6-8-26-9-7-23)20-14-2-1-3-15(10-14)24-12-19-21-22-24/h1-5,10-12H,6-9H2,(H,20,25). The number of pyridine rings is 1. The molecule has 9 nitrogen and oxygen atoms in total. The van der Waals surface area contributed by atoms with Crippen LogP contribution in [-0.4, -0.2) is 57.4 Å². The molecule has 9 heteroatoms. The van der Waals surface area contributed by atoms with Crippen molar-refractivity contribution in [1.82, 2.24) is 25.2 Å². The molecule has 0 bridgehead atoms. The van der Waals surface area contributed by atoms with Gasteiger partial charge < -0.3 is 15.0 Å². The maximum absolute atomic E-state index is 12.5. The molecule has 3 heterocycles. The van der Waals surface area contributed by atoms with Gasteiger partial charge in [0.2, 0.25) is 0 Å². The second kappa shape index (κ2) is 7.28. The van der Waals surface area contributed by atoms with Crippen LogP contribution in [0.3, 0.4) is 0 Å². The van der Waals surface area contributed by atoms with Crippen LogP contribution in [0.5, 0.6) is 0 Å². The van der Waals surface area contributed by atoms with E-state index < -0.39 is 0 Å². The molecule has 2 aromatic heterocycles.